The van der Waals surface area contributed by atoms with Crippen LogP contribution in [0.2, 0.25) is 0 Å². The molecule has 0 atom stereocenters. The van der Waals surface area contributed by atoms with Crippen LogP contribution in [0.5, 0.6) is 0 Å². The van der Waals surface area contributed by atoms with Crippen LogP contribution in [-0.2, 0) is 16.4 Å². The molecule has 0 aromatic heterocycles. The number of benzene rings is 2. The van der Waals surface area contributed by atoms with Crippen molar-refractivity contribution in [3.8, 4) is 0 Å². The van der Waals surface area contributed by atoms with Gasteiger partial charge in [0.05, 0.1) is 4.90 Å². The molecule has 0 bridgehead atoms. The quantitative estimate of drug-likeness (QED) is 0.905. The predicted octanol–water partition coefficient (Wildman–Crippen LogP) is 4.06. The molecule has 112 valence electrons. The molecule has 4 heteroatoms. The zero-order chi connectivity index (χ0) is 15.5. The summed E-state index contributed by atoms with van der Waals surface area (Å²) in [5.74, 6) is 0. The second-order valence-corrected chi connectivity index (χ2v) is 6.97. The van der Waals surface area contributed by atoms with Crippen LogP contribution in [0.1, 0.15) is 30.0 Å². The first kappa shape index (κ1) is 15.6. The Bertz CT molecular complexity index is 719. The molecule has 0 heterocycles. The molecule has 2 rings (SSSR count). The van der Waals surface area contributed by atoms with E-state index in [1.165, 1.54) is 0 Å². The largest absolute Gasteiger partial charge is 0.280 e. The first-order valence-corrected chi connectivity index (χ1v) is 8.59. The van der Waals surface area contributed by atoms with E-state index in [1.54, 1.807) is 18.2 Å². The van der Waals surface area contributed by atoms with Crippen molar-refractivity contribution in [1.29, 1.82) is 0 Å². The molecule has 0 saturated carbocycles. The van der Waals surface area contributed by atoms with Gasteiger partial charge in [-0.25, -0.2) is 8.42 Å². The summed E-state index contributed by atoms with van der Waals surface area (Å²) in [6.45, 7) is 5.87. The Morgan fingerprint density at radius 2 is 1.67 bits per heavy atom. The SMILES string of the molecule is CCCc1ccc(C)c(S(=O)(=O)Nc2ccc(C)cc2)c1. The van der Waals surface area contributed by atoms with Gasteiger partial charge in [-0.2, -0.15) is 0 Å². The van der Waals surface area contributed by atoms with Crippen LogP contribution in [0.25, 0.3) is 0 Å². The van der Waals surface area contributed by atoms with Gasteiger partial charge in [-0.05, 0) is 49.6 Å². The Balaban J connectivity index is 2.34. The standard InChI is InChI=1S/C17H21NO2S/c1-4-5-15-9-8-14(3)17(12-15)21(19,20)18-16-10-6-13(2)7-11-16/h6-12,18H,4-5H2,1-3H3. The number of nitrogens with one attached hydrogen (secondary N) is 1. The van der Waals surface area contributed by atoms with E-state index in [-0.39, 0.29) is 0 Å². The third-order valence-electron chi connectivity index (χ3n) is 3.38. The van der Waals surface area contributed by atoms with E-state index in [9.17, 15) is 8.42 Å². The maximum Gasteiger partial charge on any atom is 0.262 e. The van der Waals surface area contributed by atoms with Gasteiger partial charge in [-0.15, -0.1) is 0 Å². The summed E-state index contributed by atoms with van der Waals surface area (Å²) in [6, 6.07) is 13.0. The van der Waals surface area contributed by atoms with Crippen LogP contribution >= 0.6 is 0 Å². The average Bonchev–Trinajstić information content (AvgIpc) is 2.43. The lowest BCUT2D eigenvalue weighted by Crippen LogP contribution is -2.14. The number of aryl methyl sites for hydroxylation is 3. The molecule has 21 heavy (non-hydrogen) atoms. The van der Waals surface area contributed by atoms with Gasteiger partial charge in [0, 0.05) is 5.69 Å². The first-order valence-electron chi connectivity index (χ1n) is 7.11. The van der Waals surface area contributed by atoms with E-state index >= 15 is 0 Å². The minimum Gasteiger partial charge on any atom is -0.280 e. The summed E-state index contributed by atoms with van der Waals surface area (Å²) in [4.78, 5) is 0.356. The van der Waals surface area contributed by atoms with Gasteiger partial charge < -0.3 is 0 Å². The summed E-state index contributed by atoms with van der Waals surface area (Å²) in [5, 5.41) is 0. The third kappa shape index (κ3) is 3.85. The normalized spacial score (nSPS) is 11.4. The Morgan fingerprint density at radius 3 is 2.29 bits per heavy atom. The van der Waals surface area contributed by atoms with Gasteiger partial charge in [0.1, 0.15) is 0 Å². The lowest BCUT2D eigenvalue weighted by atomic mass is 10.1. The van der Waals surface area contributed by atoms with Gasteiger partial charge in [0.2, 0.25) is 0 Å². The number of hydrogen-bond donors (Lipinski definition) is 1. The fourth-order valence-electron chi connectivity index (χ4n) is 2.21. The maximum absolute atomic E-state index is 12.6. The zero-order valence-corrected chi connectivity index (χ0v) is 13.5. The van der Waals surface area contributed by atoms with Crippen LogP contribution < -0.4 is 4.72 Å². The molecular weight excluding hydrogens is 282 g/mol. The maximum atomic E-state index is 12.6. The third-order valence-corrected chi connectivity index (χ3v) is 4.91. The predicted molar refractivity (Wildman–Crippen MR) is 87.2 cm³/mol. The van der Waals surface area contributed by atoms with E-state index in [0.717, 1.165) is 29.5 Å². The molecule has 0 unspecified atom stereocenters. The summed E-state index contributed by atoms with van der Waals surface area (Å²) >= 11 is 0. The second-order valence-electron chi connectivity index (χ2n) is 5.32. The zero-order valence-electron chi connectivity index (χ0n) is 12.7. The molecule has 0 aliphatic heterocycles. The molecule has 0 spiro atoms. The van der Waals surface area contributed by atoms with Crippen molar-refractivity contribution in [2.75, 3.05) is 4.72 Å². The minimum atomic E-state index is -3.55. The highest BCUT2D eigenvalue weighted by Crippen LogP contribution is 2.21. The van der Waals surface area contributed by atoms with Gasteiger partial charge in [0.15, 0.2) is 0 Å². The number of rotatable bonds is 5. The highest BCUT2D eigenvalue weighted by Gasteiger charge is 2.17. The molecule has 0 amide bonds. The Kier molecular flexibility index (Phi) is 4.68. The number of anilines is 1. The Labute approximate surface area is 127 Å². The van der Waals surface area contributed by atoms with Gasteiger partial charge in [-0.1, -0.05) is 43.2 Å². The molecule has 3 nitrogen and oxygen atoms in total. The fraction of sp³-hybridized carbons (Fsp3) is 0.294. The van der Waals surface area contributed by atoms with Crippen molar-refractivity contribution in [3.05, 3.63) is 59.2 Å². The van der Waals surface area contributed by atoms with Gasteiger partial charge in [0.25, 0.3) is 10.0 Å². The van der Waals surface area contributed by atoms with E-state index in [0.29, 0.717) is 10.6 Å². The first-order chi connectivity index (χ1) is 9.92. The highest BCUT2D eigenvalue weighted by atomic mass is 32.2. The van der Waals surface area contributed by atoms with Crippen molar-refractivity contribution in [2.24, 2.45) is 0 Å². The Morgan fingerprint density at radius 1 is 1.00 bits per heavy atom. The van der Waals surface area contributed by atoms with Crippen LogP contribution in [-0.4, -0.2) is 8.42 Å². The minimum absolute atomic E-state index is 0.356. The monoisotopic (exact) mass is 303 g/mol. The van der Waals surface area contributed by atoms with Crippen molar-refractivity contribution in [3.63, 3.8) is 0 Å². The van der Waals surface area contributed by atoms with Crippen LogP contribution in [0.15, 0.2) is 47.4 Å². The number of hydrogen-bond acceptors (Lipinski definition) is 2. The molecule has 0 saturated heterocycles. The lowest BCUT2D eigenvalue weighted by Gasteiger charge is -2.12. The van der Waals surface area contributed by atoms with Crippen LogP contribution in [0, 0.1) is 13.8 Å². The average molecular weight is 303 g/mol. The summed E-state index contributed by atoms with van der Waals surface area (Å²) in [5.41, 5.74) is 3.49. The summed E-state index contributed by atoms with van der Waals surface area (Å²) in [7, 11) is -3.55. The summed E-state index contributed by atoms with van der Waals surface area (Å²) in [6.07, 6.45) is 1.88. The van der Waals surface area contributed by atoms with Crippen LogP contribution in [0.4, 0.5) is 5.69 Å². The molecule has 1 N–H and O–H groups in total. The topological polar surface area (TPSA) is 46.2 Å². The Hall–Kier alpha value is -1.81. The smallest absolute Gasteiger partial charge is 0.262 e. The van der Waals surface area contributed by atoms with E-state index in [1.807, 2.05) is 38.1 Å². The fourth-order valence-corrected chi connectivity index (χ4v) is 3.56. The van der Waals surface area contributed by atoms with Crippen molar-refractivity contribution in [2.45, 2.75) is 38.5 Å². The molecule has 0 radical (unpaired) electrons. The van der Waals surface area contributed by atoms with Gasteiger partial charge >= 0.3 is 0 Å². The van der Waals surface area contributed by atoms with E-state index in [4.69, 9.17) is 0 Å². The van der Waals surface area contributed by atoms with Crippen LogP contribution in [0.3, 0.4) is 0 Å². The molecular formula is C17H21NO2S. The number of sulfonamides is 1. The summed E-state index contributed by atoms with van der Waals surface area (Å²) < 4.78 is 27.7. The van der Waals surface area contributed by atoms with E-state index < -0.39 is 10.0 Å². The lowest BCUT2D eigenvalue weighted by molar-refractivity contribution is 0.600. The van der Waals surface area contributed by atoms with Crippen molar-refractivity contribution in [1.82, 2.24) is 0 Å². The second kappa shape index (κ2) is 6.31. The van der Waals surface area contributed by atoms with E-state index in [2.05, 4.69) is 11.6 Å². The van der Waals surface area contributed by atoms with Gasteiger partial charge in [-0.3, -0.25) is 4.72 Å². The molecule has 2 aromatic rings. The molecule has 0 aliphatic carbocycles. The molecule has 2 aromatic carbocycles. The van der Waals surface area contributed by atoms with Crippen molar-refractivity contribution < 1.29 is 8.42 Å². The highest BCUT2D eigenvalue weighted by molar-refractivity contribution is 7.92. The molecule has 0 aliphatic rings. The van der Waals surface area contributed by atoms with Crippen molar-refractivity contribution >= 4 is 15.7 Å². The molecule has 0 fully saturated rings.